The van der Waals surface area contributed by atoms with Crippen molar-refractivity contribution in [2.45, 2.75) is 24.9 Å². The van der Waals surface area contributed by atoms with Crippen LogP contribution in [0.25, 0.3) is 22.3 Å². The predicted octanol–water partition coefficient (Wildman–Crippen LogP) is 5.40. The molecule has 1 aliphatic rings. The van der Waals surface area contributed by atoms with Crippen molar-refractivity contribution in [1.29, 1.82) is 0 Å². The smallest absolute Gasteiger partial charge is 0.317 e. The molecule has 35 heavy (non-hydrogen) atoms. The van der Waals surface area contributed by atoms with Gasteiger partial charge < -0.3 is 4.74 Å². The number of halogens is 1. The van der Waals surface area contributed by atoms with E-state index in [1.165, 1.54) is 11.1 Å². The van der Waals surface area contributed by atoms with E-state index in [0.717, 1.165) is 27.8 Å². The van der Waals surface area contributed by atoms with Crippen molar-refractivity contribution >= 4 is 39.6 Å². The number of hydrogen-bond acceptors (Lipinski definition) is 5. The van der Waals surface area contributed by atoms with Gasteiger partial charge in [0, 0.05) is 28.2 Å². The van der Waals surface area contributed by atoms with Gasteiger partial charge in [-0.25, -0.2) is 9.97 Å². The lowest BCUT2D eigenvalue weighted by Gasteiger charge is -2.28. The first kappa shape index (κ1) is 21.9. The molecule has 172 valence electrons. The molecule has 0 radical (unpaired) electrons. The third-order valence-corrected chi connectivity index (χ3v) is 7.16. The van der Waals surface area contributed by atoms with Crippen LogP contribution in [0.1, 0.15) is 22.3 Å². The van der Waals surface area contributed by atoms with Crippen LogP contribution in [-0.2, 0) is 34.4 Å². The molecule has 0 saturated carbocycles. The van der Waals surface area contributed by atoms with E-state index in [9.17, 15) is 4.79 Å². The zero-order valence-corrected chi connectivity index (χ0v) is 20.9. The van der Waals surface area contributed by atoms with Gasteiger partial charge in [-0.3, -0.25) is 9.89 Å². The third kappa shape index (κ3) is 3.99. The Labute approximate surface area is 215 Å². The lowest BCUT2D eigenvalue weighted by atomic mass is 9.77. The molecule has 3 aromatic carbocycles. The molecule has 0 amide bonds. The Bertz CT molecular complexity index is 1520. The maximum absolute atomic E-state index is 13.8. The van der Waals surface area contributed by atoms with Gasteiger partial charge in [-0.05, 0) is 41.2 Å². The minimum atomic E-state index is -0.801. The number of aromatic amines is 1. The number of nitrogens with one attached hydrogen (secondary N) is 1. The van der Waals surface area contributed by atoms with E-state index < -0.39 is 5.41 Å². The lowest BCUT2D eigenvalue weighted by Crippen LogP contribution is -2.38. The zero-order chi connectivity index (χ0) is 23.8. The number of benzene rings is 3. The van der Waals surface area contributed by atoms with E-state index in [-0.39, 0.29) is 12.6 Å². The topological polar surface area (TPSA) is 80.8 Å². The summed E-state index contributed by atoms with van der Waals surface area (Å²) in [6.45, 7) is 0.247. The molecule has 0 fully saturated rings. The van der Waals surface area contributed by atoms with Gasteiger partial charge in [0.15, 0.2) is 9.48 Å². The summed E-state index contributed by atoms with van der Waals surface area (Å²) in [7, 11) is 0. The quantitative estimate of drug-likeness (QED) is 0.173. The fourth-order valence-corrected chi connectivity index (χ4v) is 5.42. The van der Waals surface area contributed by atoms with Crippen molar-refractivity contribution in [1.82, 2.24) is 20.2 Å². The van der Waals surface area contributed by atoms with Gasteiger partial charge in [0.25, 0.3) is 0 Å². The Morgan fingerprint density at radius 1 is 0.943 bits per heavy atom. The van der Waals surface area contributed by atoms with Gasteiger partial charge >= 0.3 is 5.97 Å². The summed E-state index contributed by atoms with van der Waals surface area (Å²) in [5.41, 5.74) is 5.86. The summed E-state index contributed by atoms with van der Waals surface area (Å²) in [5, 5.41) is 7.92. The fourth-order valence-electron chi connectivity index (χ4n) is 4.93. The number of carbonyl (C=O) groups excluding carboxylic acids is 1. The van der Waals surface area contributed by atoms with Gasteiger partial charge in [0.05, 0.1) is 17.3 Å². The zero-order valence-electron chi connectivity index (χ0n) is 18.7. The largest absolute Gasteiger partial charge is 0.460 e. The van der Waals surface area contributed by atoms with E-state index in [4.69, 9.17) is 9.72 Å². The van der Waals surface area contributed by atoms with Crippen LogP contribution in [0.3, 0.4) is 0 Å². The Morgan fingerprint density at radius 3 is 2.46 bits per heavy atom. The number of ether oxygens (including phenoxy) is 1. The normalized spacial score (nSPS) is 14.1. The van der Waals surface area contributed by atoms with E-state index in [1.807, 2.05) is 60.7 Å². The minimum absolute atomic E-state index is 0.208. The molecule has 5 aromatic rings. The van der Waals surface area contributed by atoms with Gasteiger partial charge in [-0.15, -0.1) is 0 Å². The number of carbonyl (C=O) groups is 1. The van der Waals surface area contributed by atoms with Crippen LogP contribution in [-0.4, -0.2) is 26.1 Å². The molecule has 0 atom stereocenters. The van der Waals surface area contributed by atoms with Crippen LogP contribution in [0.2, 0.25) is 0 Å². The summed E-state index contributed by atoms with van der Waals surface area (Å²) in [6.07, 6.45) is 2.94. The molecule has 6 nitrogen and oxygen atoms in total. The predicted molar refractivity (Wildman–Crippen MR) is 142 cm³/mol. The van der Waals surface area contributed by atoms with Gasteiger partial charge in [-0.2, -0.15) is 5.10 Å². The number of aromatic nitrogens is 4. The maximum atomic E-state index is 13.8. The molecule has 2 heterocycles. The highest BCUT2D eigenvalue weighted by molar-refractivity contribution is 14.1. The molecule has 0 unspecified atom stereocenters. The second kappa shape index (κ2) is 8.88. The first-order chi connectivity index (χ1) is 17.1. The molecule has 0 spiro atoms. The van der Waals surface area contributed by atoms with E-state index in [1.54, 1.807) is 6.20 Å². The maximum Gasteiger partial charge on any atom is 0.317 e. The highest BCUT2D eigenvalue weighted by atomic mass is 127. The molecule has 1 aliphatic carbocycles. The molecular weight excluding hydrogens is 551 g/mol. The lowest BCUT2D eigenvalue weighted by molar-refractivity contribution is -0.151. The Balaban J connectivity index is 1.42. The van der Waals surface area contributed by atoms with Crippen molar-refractivity contribution in [3.63, 3.8) is 0 Å². The first-order valence-corrected chi connectivity index (χ1v) is 12.5. The SMILES string of the molecule is O=C(OCc1ccccc1)C1(c2cccc(-c3nc(I)nc4[nH]ncc34)c2)Cc2ccccc2C1. The van der Waals surface area contributed by atoms with Crippen molar-refractivity contribution in [3.05, 3.63) is 111 Å². The summed E-state index contributed by atoms with van der Waals surface area (Å²) in [5.74, 6) is -0.208. The number of rotatable bonds is 5. The number of hydrogen-bond donors (Lipinski definition) is 1. The average Bonchev–Trinajstić information content (AvgIpc) is 3.53. The summed E-state index contributed by atoms with van der Waals surface area (Å²) < 4.78 is 6.57. The van der Waals surface area contributed by atoms with Crippen molar-refractivity contribution < 1.29 is 9.53 Å². The molecule has 2 aromatic heterocycles. The number of esters is 1. The summed E-state index contributed by atoms with van der Waals surface area (Å²) >= 11 is 2.11. The Kier molecular flexibility index (Phi) is 5.56. The molecular formula is C28H21IN4O2. The van der Waals surface area contributed by atoms with Crippen LogP contribution in [0.15, 0.2) is 85.1 Å². The fraction of sp³-hybridized carbons (Fsp3) is 0.143. The number of H-pyrrole nitrogens is 1. The summed E-state index contributed by atoms with van der Waals surface area (Å²) in [6, 6.07) is 26.2. The van der Waals surface area contributed by atoms with Crippen LogP contribution >= 0.6 is 22.6 Å². The average molecular weight is 572 g/mol. The second-order valence-corrected chi connectivity index (χ2v) is 9.79. The van der Waals surface area contributed by atoms with Crippen LogP contribution in [0.5, 0.6) is 0 Å². The van der Waals surface area contributed by atoms with E-state index in [2.05, 4.69) is 56.0 Å². The monoisotopic (exact) mass is 572 g/mol. The van der Waals surface area contributed by atoms with Gasteiger partial charge in [0.2, 0.25) is 0 Å². The van der Waals surface area contributed by atoms with Crippen molar-refractivity contribution in [3.8, 4) is 11.3 Å². The highest BCUT2D eigenvalue weighted by Gasteiger charge is 2.46. The second-order valence-electron chi connectivity index (χ2n) is 8.82. The minimum Gasteiger partial charge on any atom is -0.460 e. The molecule has 0 aliphatic heterocycles. The van der Waals surface area contributed by atoms with Gasteiger partial charge in [-0.1, -0.05) is 72.8 Å². The first-order valence-electron chi connectivity index (χ1n) is 11.4. The molecule has 1 N–H and O–H groups in total. The van der Waals surface area contributed by atoms with E-state index >= 15 is 0 Å². The Hall–Kier alpha value is -3.59. The number of nitrogens with zero attached hydrogens (tertiary/aromatic N) is 3. The number of fused-ring (bicyclic) bond motifs is 2. The van der Waals surface area contributed by atoms with Gasteiger partial charge in [0.1, 0.15) is 12.0 Å². The van der Waals surface area contributed by atoms with Crippen LogP contribution in [0.4, 0.5) is 0 Å². The molecule has 0 saturated heterocycles. The molecule has 6 rings (SSSR count). The van der Waals surface area contributed by atoms with Crippen LogP contribution < -0.4 is 0 Å². The standard InChI is InChI=1S/C28H21IN4O2/c29-27-31-24(23-16-30-33-25(23)32-27)19-11-6-12-22(13-19)28(14-20-9-4-5-10-21(20)15-28)26(34)35-17-18-7-2-1-3-8-18/h1-13,16H,14-15,17H2,(H,30,31,32,33). The van der Waals surface area contributed by atoms with Crippen molar-refractivity contribution in [2.75, 3.05) is 0 Å². The Morgan fingerprint density at radius 2 is 1.69 bits per heavy atom. The summed E-state index contributed by atoms with van der Waals surface area (Å²) in [4.78, 5) is 22.9. The van der Waals surface area contributed by atoms with Crippen LogP contribution in [0, 0.1) is 3.83 Å². The third-order valence-electron chi connectivity index (χ3n) is 6.68. The molecule has 0 bridgehead atoms. The van der Waals surface area contributed by atoms with E-state index in [0.29, 0.717) is 22.3 Å². The molecule has 7 heteroatoms. The highest BCUT2D eigenvalue weighted by Crippen LogP contribution is 2.42. The van der Waals surface area contributed by atoms with Crippen molar-refractivity contribution in [2.24, 2.45) is 0 Å².